The molecule has 0 spiro atoms. The molecule has 0 bridgehead atoms. The Balaban J connectivity index is 2.31. The Hall–Kier alpha value is -1.48. The maximum Gasteiger partial charge on any atom is 0.228 e. The highest BCUT2D eigenvalue weighted by molar-refractivity contribution is 9.10. The van der Waals surface area contributed by atoms with Crippen LogP contribution in [0, 0.1) is 20.8 Å². The van der Waals surface area contributed by atoms with Crippen molar-refractivity contribution in [3.8, 4) is 0 Å². The number of pyridine rings is 1. The number of hydrogen-bond acceptors (Lipinski definition) is 1. The molecule has 2 nitrogen and oxygen atoms in total. The Kier molecular flexibility index (Phi) is 4.15. The number of benzene rings is 1. The molecule has 0 fully saturated rings. The normalized spacial score (nSPS) is 10.5. The monoisotopic (exact) mass is 318 g/mol. The fourth-order valence-corrected chi connectivity index (χ4v) is 2.87. The number of halogens is 1. The first-order valence-electron chi connectivity index (χ1n) is 6.23. The molecule has 0 aliphatic rings. The van der Waals surface area contributed by atoms with Crippen molar-refractivity contribution in [3.63, 3.8) is 0 Å². The number of carbonyl (C=O) groups is 1. The van der Waals surface area contributed by atoms with Gasteiger partial charge in [0.15, 0.2) is 12.4 Å². The van der Waals surface area contributed by atoms with Gasteiger partial charge < -0.3 is 0 Å². The quantitative estimate of drug-likeness (QED) is 0.626. The number of rotatable bonds is 3. The first-order chi connectivity index (χ1) is 8.97. The number of Topliss-reactive ketones (excluding diaryl/α,β-unsaturated/α-hetero) is 1. The van der Waals surface area contributed by atoms with Crippen molar-refractivity contribution in [1.29, 1.82) is 0 Å². The summed E-state index contributed by atoms with van der Waals surface area (Å²) < 4.78 is 2.87. The minimum Gasteiger partial charge on any atom is -0.287 e. The Morgan fingerprint density at radius 2 is 1.84 bits per heavy atom. The molecule has 1 aromatic heterocycles. The van der Waals surface area contributed by atoms with Crippen LogP contribution in [0.15, 0.2) is 41.1 Å². The van der Waals surface area contributed by atoms with E-state index in [0.29, 0.717) is 6.54 Å². The van der Waals surface area contributed by atoms with E-state index in [-0.39, 0.29) is 5.78 Å². The van der Waals surface area contributed by atoms with Crippen LogP contribution in [-0.4, -0.2) is 5.78 Å². The summed E-state index contributed by atoms with van der Waals surface area (Å²) in [6, 6.07) is 7.99. The zero-order chi connectivity index (χ0) is 14.0. The van der Waals surface area contributed by atoms with Crippen LogP contribution in [-0.2, 0) is 6.54 Å². The van der Waals surface area contributed by atoms with Crippen molar-refractivity contribution in [3.05, 3.63) is 63.4 Å². The van der Waals surface area contributed by atoms with Crippen LogP contribution in [0.3, 0.4) is 0 Å². The average molecular weight is 319 g/mol. The maximum absolute atomic E-state index is 12.4. The van der Waals surface area contributed by atoms with E-state index in [1.807, 2.05) is 42.9 Å². The van der Waals surface area contributed by atoms with E-state index in [2.05, 4.69) is 35.0 Å². The highest BCUT2D eigenvalue weighted by Crippen LogP contribution is 2.17. The number of aryl methyl sites for hydroxylation is 3. The molecule has 19 heavy (non-hydrogen) atoms. The standard InChI is InChI=1S/C16H17BrNO/c1-11-7-12(2)16(13(3)8-11)15(19)10-18-6-4-5-14(17)9-18/h4-9H,10H2,1-3H3/q+1. The fourth-order valence-electron chi connectivity index (χ4n) is 2.45. The molecule has 0 N–H and O–H groups in total. The van der Waals surface area contributed by atoms with Gasteiger partial charge in [-0.25, -0.2) is 0 Å². The Morgan fingerprint density at radius 3 is 2.42 bits per heavy atom. The van der Waals surface area contributed by atoms with Crippen LogP contribution >= 0.6 is 15.9 Å². The van der Waals surface area contributed by atoms with Gasteiger partial charge in [0.1, 0.15) is 0 Å². The Morgan fingerprint density at radius 1 is 1.21 bits per heavy atom. The Bertz CT molecular complexity index is 611. The second kappa shape index (κ2) is 5.66. The largest absolute Gasteiger partial charge is 0.287 e. The van der Waals surface area contributed by atoms with Crippen LogP contribution in [0.2, 0.25) is 0 Å². The maximum atomic E-state index is 12.4. The smallest absolute Gasteiger partial charge is 0.228 e. The van der Waals surface area contributed by atoms with Crippen LogP contribution in [0.1, 0.15) is 27.0 Å². The highest BCUT2D eigenvalue weighted by Gasteiger charge is 2.17. The van der Waals surface area contributed by atoms with Gasteiger partial charge in [-0.05, 0) is 53.9 Å². The van der Waals surface area contributed by atoms with E-state index in [9.17, 15) is 4.79 Å². The summed E-state index contributed by atoms with van der Waals surface area (Å²) in [5.41, 5.74) is 4.15. The van der Waals surface area contributed by atoms with Gasteiger partial charge in [-0.1, -0.05) is 17.7 Å². The molecule has 3 heteroatoms. The number of nitrogens with zero attached hydrogens (tertiary/aromatic N) is 1. The molecule has 0 unspecified atom stereocenters. The molecular formula is C16H17BrNO+. The first-order valence-corrected chi connectivity index (χ1v) is 7.02. The lowest BCUT2D eigenvalue weighted by Gasteiger charge is -2.08. The van der Waals surface area contributed by atoms with E-state index in [0.717, 1.165) is 21.2 Å². The topological polar surface area (TPSA) is 20.9 Å². The van der Waals surface area contributed by atoms with E-state index in [4.69, 9.17) is 0 Å². The van der Waals surface area contributed by atoms with Gasteiger partial charge in [0.25, 0.3) is 0 Å². The molecule has 1 aromatic carbocycles. The van der Waals surface area contributed by atoms with Crippen molar-refractivity contribution >= 4 is 21.7 Å². The molecule has 0 aliphatic carbocycles. The minimum absolute atomic E-state index is 0.151. The van der Waals surface area contributed by atoms with Gasteiger partial charge in [0.05, 0.1) is 4.47 Å². The number of hydrogen-bond donors (Lipinski definition) is 0. The summed E-state index contributed by atoms with van der Waals surface area (Å²) in [6.07, 6.45) is 3.82. The van der Waals surface area contributed by atoms with E-state index < -0.39 is 0 Å². The number of aromatic nitrogens is 1. The van der Waals surface area contributed by atoms with Crippen LogP contribution in [0.5, 0.6) is 0 Å². The predicted molar refractivity (Wildman–Crippen MR) is 79.3 cm³/mol. The van der Waals surface area contributed by atoms with Crippen LogP contribution in [0.4, 0.5) is 0 Å². The van der Waals surface area contributed by atoms with Crippen molar-refractivity contribution in [2.24, 2.45) is 0 Å². The third kappa shape index (κ3) is 3.29. The van der Waals surface area contributed by atoms with Crippen molar-refractivity contribution in [2.45, 2.75) is 27.3 Å². The molecular weight excluding hydrogens is 302 g/mol. The van der Waals surface area contributed by atoms with Gasteiger partial charge in [0, 0.05) is 11.6 Å². The van der Waals surface area contributed by atoms with Gasteiger partial charge >= 0.3 is 0 Å². The average Bonchev–Trinajstić information content (AvgIpc) is 2.27. The third-order valence-corrected chi connectivity index (χ3v) is 3.57. The lowest BCUT2D eigenvalue weighted by molar-refractivity contribution is -0.683. The molecule has 0 radical (unpaired) electrons. The molecule has 0 saturated carbocycles. The molecule has 98 valence electrons. The molecule has 0 amide bonds. The zero-order valence-corrected chi connectivity index (χ0v) is 13.0. The predicted octanol–water partition coefficient (Wildman–Crippen LogP) is 3.54. The van der Waals surface area contributed by atoms with E-state index in [1.165, 1.54) is 5.56 Å². The lowest BCUT2D eigenvalue weighted by Crippen LogP contribution is -2.37. The lowest BCUT2D eigenvalue weighted by atomic mass is 9.96. The molecule has 0 saturated heterocycles. The second-order valence-corrected chi connectivity index (χ2v) is 5.81. The third-order valence-electron chi connectivity index (χ3n) is 3.10. The van der Waals surface area contributed by atoms with Crippen molar-refractivity contribution in [2.75, 3.05) is 0 Å². The molecule has 1 heterocycles. The summed E-state index contributed by atoms with van der Waals surface area (Å²) in [5.74, 6) is 0.151. The van der Waals surface area contributed by atoms with Gasteiger partial charge in [-0.3, -0.25) is 4.79 Å². The Labute approximate surface area is 122 Å². The number of carbonyl (C=O) groups excluding carboxylic acids is 1. The zero-order valence-electron chi connectivity index (χ0n) is 11.4. The SMILES string of the molecule is Cc1cc(C)c(C(=O)C[n+]2cccc(Br)c2)c(C)c1. The van der Waals surface area contributed by atoms with E-state index >= 15 is 0 Å². The fraction of sp³-hybridized carbons (Fsp3) is 0.250. The number of ketones is 1. The van der Waals surface area contributed by atoms with Gasteiger partial charge in [-0.15, -0.1) is 0 Å². The van der Waals surface area contributed by atoms with Gasteiger partial charge in [0.2, 0.25) is 12.3 Å². The highest BCUT2D eigenvalue weighted by atomic mass is 79.9. The second-order valence-electron chi connectivity index (χ2n) is 4.89. The van der Waals surface area contributed by atoms with Crippen LogP contribution in [0.25, 0.3) is 0 Å². The first kappa shape index (κ1) is 13.9. The minimum atomic E-state index is 0.151. The molecule has 0 atom stereocenters. The van der Waals surface area contributed by atoms with Gasteiger partial charge in [-0.2, -0.15) is 4.57 Å². The van der Waals surface area contributed by atoms with E-state index in [1.54, 1.807) is 0 Å². The summed E-state index contributed by atoms with van der Waals surface area (Å²) >= 11 is 3.41. The summed E-state index contributed by atoms with van der Waals surface area (Å²) in [6.45, 7) is 6.42. The van der Waals surface area contributed by atoms with Crippen LogP contribution < -0.4 is 4.57 Å². The molecule has 0 aliphatic heterocycles. The molecule has 2 rings (SSSR count). The van der Waals surface area contributed by atoms with Crippen molar-refractivity contribution < 1.29 is 9.36 Å². The van der Waals surface area contributed by atoms with Crippen molar-refractivity contribution in [1.82, 2.24) is 0 Å². The summed E-state index contributed by atoms with van der Waals surface area (Å²) in [4.78, 5) is 12.4. The summed E-state index contributed by atoms with van der Waals surface area (Å²) in [5, 5.41) is 0. The summed E-state index contributed by atoms with van der Waals surface area (Å²) in [7, 11) is 0. The molecule has 2 aromatic rings.